The summed E-state index contributed by atoms with van der Waals surface area (Å²) in [6, 6.07) is 19.7. The lowest BCUT2D eigenvalue weighted by Crippen LogP contribution is -2.29. The van der Waals surface area contributed by atoms with Crippen molar-refractivity contribution in [2.75, 3.05) is 16.4 Å². The summed E-state index contributed by atoms with van der Waals surface area (Å²) in [6.45, 7) is 1.89. The van der Waals surface area contributed by atoms with Crippen molar-refractivity contribution in [3.05, 3.63) is 71.9 Å². The van der Waals surface area contributed by atoms with Crippen LogP contribution in [0.1, 0.15) is 16.6 Å². The maximum atomic E-state index is 12.6. The molecule has 2 aromatic carbocycles. The lowest BCUT2D eigenvalue weighted by molar-refractivity contribution is -0.115. The number of thioether (sulfide) groups is 1. The zero-order chi connectivity index (χ0) is 17.4. The molecule has 0 aliphatic carbocycles. The number of nitrogens with two attached hydrogens (primary N) is 1. The number of carbonyl (C=O) groups excluding carboxylic acids is 1. The normalized spacial score (nSPS) is 17.2. The first-order valence-electron chi connectivity index (χ1n) is 8.06. The number of anilines is 2. The van der Waals surface area contributed by atoms with Crippen LogP contribution in [-0.2, 0) is 4.79 Å². The third-order valence-electron chi connectivity index (χ3n) is 4.26. The predicted molar refractivity (Wildman–Crippen MR) is 102 cm³/mol. The van der Waals surface area contributed by atoms with Crippen molar-refractivity contribution >= 4 is 29.2 Å². The van der Waals surface area contributed by atoms with Crippen molar-refractivity contribution in [1.29, 1.82) is 0 Å². The number of nitrogens with zero attached hydrogens (tertiary/aromatic N) is 3. The summed E-state index contributed by atoms with van der Waals surface area (Å²) in [4.78, 5) is 14.4. The molecule has 0 saturated carbocycles. The van der Waals surface area contributed by atoms with Gasteiger partial charge in [-0.2, -0.15) is 5.10 Å². The fourth-order valence-electron chi connectivity index (χ4n) is 3.13. The second kappa shape index (κ2) is 6.29. The molecule has 0 radical (unpaired) electrons. The summed E-state index contributed by atoms with van der Waals surface area (Å²) < 4.78 is 1.70. The molecule has 6 heteroatoms. The number of carbonyl (C=O) groups is 1. The summed E-state index contributed by atoms with van der Waals surface area (Å²) in [5.74, 6) is 0.983. The summed E-state index contributed by atoms with van der Waals surface area (Å²) in [5.41, 5.74) is 9.83. The highest BCUT2D eigenvalue weighted by Gasteiger charge is 2.37. The molecule has 1 aromatic heterocycles. The molecule has 2 heterocycles. The Kier molecular flexibility index (Phi) is 3.97. The van der Waals surface area contributed by atoms with Crippen LogP contribution in [-0.4, -0.2) is 21.4 Å². The van der Waals surface area contributed by atoms with Crippen LogP contribution in [0.3, 0.4) is 0 Å². The molecule has 1 atom stereocenters. The van der Waals surface area contributed by atoms with E-state index in [0.29, 0.717) is 17.3 Å². The highest BCUT2D eigenvalue weighted by molar-refractivity contribution is 8.00. The van der Waals surface area contributed by atoms with Gasteiger partial charge in [-0.25, -0.2) is 4.68 Å². The predicted octanol–water partition coefficient (Wildman–Crippen LogP) is 3.54. The Morgan fingerprint density at radius 3 is 2.40 bits per heavy atom. The third kappa shape index (κ3) is 2.68. The number of benzene rings is 2. The van der Waals surface area contributed by atoms with Gasteiger partial charge in [-0.15, -0.1) is 11.8 Å². The molecular weight excluding hydrogens is 332 g/mol. The van der Waals surface area contributed by atoms with E-state index in [1.807, 2.05) is 67.6 Å². The molecule has 1 fully saturated rings. The van der Waals surface area contributed by atoms with Crippen molar-refractivity contribution in [3.63, 3.8) is 0 Å². The SMILES string of the molecule is Cc1nn(-c2ccccc2)c(N)c1N1C(=O)CS[C@@H]1c1ccccc1. The van der Waals surface area contributed by atoms with Gasteiger partial charge >= 0.3 is 0 Å². The Morgan fingerprint density at radius 2 is 1.72 bits per heavy atom. The molecule has 5 nitrogen and oxygen atoms in total. The maximum Gasteiger partial charge on any atom is 0.238 e. The van der Waals surface area contributed by atoms with Crippen LogP contribution in [0.2, 0.25) is 0 Å². The van der Waals surface area contributed by atoms with Crippen LogP contribution >= 0.6 is 11.8 Å². The Bertz CT molecular complexity index is 908. The van der Waals surface area contributed by atoms with Crippen LogP contribution in [0.25, 0.3) is 5.69 Å². The van der Waals surface area contributed by atoms with Gasteiger partial charge in [0.05, 0.1) is 17.1 Å². The molecule has 1 saturated heterocycles. The first-order chi connectivity index (χ1) is 12.2. The van der Waals surface area contributed by atoms with Crippen molar-refractivity contribution in [1.82, 2.24) is 9.78 Å². The third-order valence-corrected chi connectivity index (χ3v) is 5.47. The highest BCUT2D eigenvalue weighted by Crippen LogP contribution is 2.45. The number of para-hydroxylation sites is 1. The molecular formula is C19H18N4OS. The Labute approximate surface area is 150 Å². The van der Waals surface area contributed by atoms with Gasteiger partial charge in [0, 0.05) is 0 Å². The summed E-state index contributed by atoms with van der Waals surface area (Å²) >= 11 is 1.61. The van der Waals surface area contributed by atoms with Crippen LogP contribution in [0.5, 0.6) is 0 Å². The number of amides is 1. The van der Waals surface area contributed by atoms with E-state index in [2.05, 4.69) is 5.10 Å². The average Bonchev–Trinajstić information content (AvgIpc) is 3.16. The van der Waals surface area contributed by atoms with Crippen LogP contribution in [0, 0.1) is 6.92 Å². The van der Waals surface area contributed by atoms with Gasteiger partial charge in [0.25, 0.3) is 0 Å². The molecule has 25 heavy (non-hydrogen) atoms. The second-order valence-electron chi connectivity index (χ2n) is 5.90. The number of hydrogen-bond donors (Lipinski definition) is 1. The van der Waals surface area contributed by atoms with Crippen LogP contribution < -0.4 is 10.6 Å². The van der Waals surface area contributed by atoms with Gasteiger partial charge in [0.1, 0.15) is 11.1 Å². The zero-order valence-electron chi connectivity index (χ0n) is 13.8. The Balaban J connectivity index is 1.81. The van der Waals surface area contributed by atoms with Crippen molar-refractivity contribution in [2.45, 2.75) is 12.3 Å². The molecule has 3 aromatic rings. The first kappa shape index (κ1) is 15.8. The van der Waals surface area contributed by atoms with Gasteiger partial charge in [-0.1, -0.05) is 48.5 Å². The molecule has 0 spiro atoms. The fourth-order valence-corrected chi connectivity index (χ4v) is 4.29. The molecule has 1 aliphatic heterocycles. The fraction of sp³-hybridized carbons (Fsp3) is 0.158. The molecule has 2 N–H and O–H groups in total. The van der Waals surface area contributed by atoms with Gasteiger partial charge < -0.3 is 5.73 Å². The Morgan fingerprint density at radius 1 is 1.08 bits per heavy atom. The van der Waals surface area contributed by atoms with E-state index in [9.17, 15) is 4.79 Å². The molecule has 4 rings (SSSR count). The maximum absolute atomic E-state index is 12.6. The van der Waals surface area contributed by atoms with E-state index in [1.165, 1.54) is 0 Å². The number of aromatic nitrogens is 2. The largest absolute Gasteiger partial charge is 0.382 e. The van der Waals surface area contributed by atoms with Gasteiger partial charge in [-0.3, -0.25) is 9.69 Å². The minimum absolute atomic E-state index is 0.0567. The van der Waals surface area contributed by atoms with Crippen LogP contribution in [0.15, 0.2) is 60.7 Å². The lowest BCUT2D eigenvalue weighted by atomic mass is 10.2. The molecule has 0 unspecified atom stereocenters. The van der Waals surface area contributed by atoms with Gasteiger partial charge in [0.2, 0.25) is 5.91 Å². The van der Waals surface area contributed by atoms with Crippen LogP contribution in [0.4, 0.5) is 11.5 Å². The summed E-state index contributed by atoms with van der Waals surface area (Å²) in [6.07, 6.45) is 0. The van der Waals surface area contributed by atoms with Crippen molar-refractivity contribution in [2.24, 2.45) is 0 Å². The standard InChI is InChI=1S/C19H18N4OS/c1-13-17(18(20)23(21-13)15-10-6-3-7-11-15)22-16(24)12-25-19(22)14-8-4-2-5-9-14/h2-11,19H,12,20H2,1H3/t19-/m1/s1. The van der Waals surface area contributed by atoms with Gasteiger partial charge in [-0.05, 0) is 24.6 Å². The van der Waals surface area contributed by atoms with E-state index in [-0.39, 0.29) is 11.3 Å². The molecule has 0 bridgehead atoms. The monoisotopic (exact) mass is 350 g/mol. The summed E-state index contributed by atoms with van der Waals surface area (Å²) in [5, 5.41) is 4.50. The van der Waals surface area contributed by atoms with E-state index in [1.54, 1.807) is 21.3 Å². The Hall–Kier alpha value is -2.73. The lowest BCUT2D eigenvalue weighted by Gasteiger charge is -2.24. The van der Waals surface area contributed by atoms with Gasteiger partial charge in [0.15, 0.2) is 5.82 Å². The summed E-state index contributed by atoms with van der Waals surface area (Å²) in [7, 11) is 0. The number of hydrogen-bond acceptors (Lipinski definition) is 4. The second-order valence-corrected chi connectivity index (χ2v) is 6.97. The van der Waals surface area contributed by atoms with E-state index in [4.69, 9.17) is 5.73 Å². The average molecular weight is 350 g/mol. The van der Waals surface area contributed by atoms with Crippen molar-refractivity contribution in [3.8, 4) is 5.69 Å². The molecule has 126 valence electrons. The topological polar surface area (TPSA) is 64.2 Å². The quantitative estimate of drug-likeness (QED) is 0.785. The number of rotatable bonds is 3. The minimum Gasteiger partial charge on any atom is -0.382 e. The van der Waals surface area contributed by atoms with E-state index >= 15 is 0 Å². The zero-order valence-corrected chi connectivity index (χ0v) is 14.6. The van der Waals surface area contributed by atoms with E-state index in [0.717, 1.165) is 16.9 Å². The number of nitrogen functional groups attached to an aromatic ring is 1. The minimum atomic E-state index is -0.0804. The number of aryl methyl sites for hydroxylation is 1. The smallest absolute Gasteiger partial charge is 0.238 e. The molecule has 1 amide bonds. The van der Waals surface area contributed by atoms with E-state index < -0.39 is 0 Å². The van der Waals surface area contributed by atoms with Crippen molar-refractivity contribution < 1.29 is 4.79 Å². The first-order valence-corrected chi connectivity index (χ1v) is 9.11. The highest BCUT2D eigenvalue weighted by atomic mass is 32.2. The molecule has 1 aliphatic rings.